The highest BCUT2D eigenvalue weighted by Gasteiger charge is 2.13. The van der Waals surface area contributed by atoms with Crippen LogP contribution < -0.4 is 5.32 Å². The molecule has 1 N–H and O–H groups in total. The van der Waals surface area contributed by atoms with E-state index in [-0.39, 0.29) is 16.7 Å². The first kappa shape index (κ1) is 16.6. The molecular formula is C14H22N2O4. The maximum Gasteiger partial charge on any atom is 0.272 e. The summed E-state index contributed by atoms with van der Waals surface area (Å²) < 4.78 is 10.2. The molecule has 6 nitrogen and oxygen atoms in total. The van der Waals surface area contributed by atoms with Crippen molar-refractivity contribution in [3.8, 4) is 0 Å². The molecular weight excluding hydrogens is 260 g/mol. The first-order valence-electron chi connectivity index (χ1n) is 6.61. The van der Waals surface area contributed by atoms with Crippen LogP contribution in [0.15, 0.2) is 18.2 Å². The fraction of sp³-hybridized carbons (Fsp3) is 0.571. The summed E-state index contributed by atoms with van der Waals surface area (Å²) in [5.41, 5.74) is 1.74. The highest BCUT2D eigenvalue weighted by atomic mass is 16.6. The summed E-state index contributed by atoms with van der Waals surface area (Å²) >= 11 is 0. The number of nitrogens with one attached hydrogen (secondary N) is 1. The van der Waals surface area contributed by atoms with Gasteiger partial charge in [0.1, 0.15) is 0 Å². The van der Waals surface area contributed by atoms with Crippen molar-refractivity contribution in [2.45, 2.75) is 19.9 Å². The van der Waals surface area contributed by atoms with Gasteiger partial charge in [-0.25, -0.2) is 0 Å². The van der Waals surface area contributed by atoms with Crippen LogP contribution >= 0.6 is 0 Å². The van der Waals surface area contributed by atoms with Crippen molar-refractivity contribution >= 4 is 5.69 Å². The molecule has 1 unspecified atom stereocenters. The summed E-state index contributed by atoms with van der Waals surface area (Å²) in [6, 6.07) is 5.35. The van der Waals surface area contributed by atoms with Gasteiger partial charge in [-0.2, -0.15) is 0 Å². The van der Waals surface area contributed by atoms with E-state index >= 15 is 0 Å². The lowest BCUT2D eigenvalue weighted by atomic mass is 10.0. The Morgan fingerprint density at radius 1 is 1.35 bits per heavy atom. The van der Waals surface area contributed by atoms with Crippen LogP contribution in [0, 0.1) is 17.0 Å². The first-order chi connectivity index (χ1) is 9.56. The van der Waals surface area contributed by atoms with Crippen LogP contribution in [0.2, 0.25) is 0 Å². The van der Waals surface area contributed by atoms with Crippen LogP contribution in [-0.4, -0.2) is 38.4 Å². The minimum atomic E-state index is -0.348. The van der Waals surface area contributed by atoms with Crippen molar-refractivity contribution in [3.63, 3.8) is 0 Å². The molecule has 0 heterocycles. The number of nitrogens with zero attached hydrogens (tertiary/aromatic N) is 1. The van der Waals surface area contributed by atoms with E-state index in [4.69, 9.17) is 9.47 Å². The van der Waals surface area contributed by atoms with Gasteiger partial charge in [-0.15, -0.1) is 0 Å². The number of nitro groups is 1. The number of hydrogen-bond donors (Lipinski definition) is 1. The molecule has 0 aliphatic rings. The Kier molecular flexibility index (Phi) is 7.14. The van der Waals surface area contributed by atoms with Crippen LogP contribution in [0.4, 0.5) is 5.69 Å². The SMILES string of the molecule is COCCOCCNC(C)c1ccc(C)c([N+](=O)[O-])c1. The van der Waals surface area contributed by atoms with Gasteiger partial charge in [0.25, 0.3) is 5.69 Å². The Bertz CT molecular complexity index is 437. The number of benzene rings is 1. The van der Waals surface area contributed by atoms with Gasteiger partial charge in [-0.05, 0) is 19.4 Å². The second-order valence-electron chi connectivity index (χ2n) is 4.58. The van der Waals surface area contributed by atoms with E-state index in [2.05, 4.69) is 5.32 Å². The molecule has 1 rings (SSSR count). The normalized spacial score (nSPS) is 12.3. The maximum absolute atomic E-state index is 10.9. The highest BCUT2D eigenvalue weighted by Crippen LogP contribution is 2.22. The van der Waals surface area contributed by atoms with Crippen LogP contribution in [-0.2, 0) is 9.47 Å². The number of nitro benzene ring substituents is 1. The van der Waals surface area contributed by atoms with E-state index in [1.54, 1.807) is 26.2 Å². The van der Waals surface area contributed by atoms with Gasteiger partial charge in [0.05, 0.1) is 24.7 Å². The third-order valence-electron chi connectivity index (χ3n) is 3.06. The molecule has 1 atom stereocenters. The van der Waals surface area contributed by atoms with Crippen molar-refractivity contribution in [2.75, 3.05) is 33.5 Å². The Morgan fingerprint density at radius 3 is 2.75 bits per heavy atom. The van der Waals surface area contributed by atoms with E-state index < -0.39 is 0 Å². The second-order valence-corrected chi connectivity index (χ2v) is 4.58. The van der Waals surface area contributed by atoms with Gasteiger partial charge >= 0.3 is 0 Å². The molecule has 0 aromatic heterocycles. The van der Waals surface area contributed by atoms with E-state index in [0.717, 1.165) is 5.56 Å². The second kappa shape index (κ2) is 8.63. The molecule has 20 heavy (non-hydrogen) atoms. The fourth-order valence-corrected chi connectivity index (χ4v) is 1.80. The molecule has 0 amide bonds. The molecule has 1 aromatic rings. The molecule has 0 spiro atoms. The highest BCUT2D eigenvalue weighted by molar-refractivity contribution is 5.43. The van der Waals surface area contributed by atoms with Gasteiger partial charge in [0, 0.05) is 31.3 Å². The minimum absolute atomic E-state index is 0.0420. The van der Waals surface area contributed by atoms with Gasteiger partial charge in [0.2, 0.25) is 0 Å². The molecule has 0 bridgehead atoms. The zero-order valence-corrected chi connectivity index (χ0v) is 12.2. The van der Waals surface area contributed by atoms with Crippen molar-refractivity contribution in [2.24, 2.45) is 0 Å². The number of methoxy groups -OCH3 is 1. The average molecular weight is 282 g/mol. The molecule has 0 radical (unpaired) electrons. The van der Waals surface area contributed by atoms with Crippen LogP contribution in [0.1, 0.15) is 24.1 Å². The quantitative estimate of drug-likeness (QED) is 0.427. The topological polar surface area (TPSA) is 73.6 Å². The Morgan fingerprint density at radius 2 is 2.10 bits per heavy atom. The average Bonchev–Trinajstić information content (AvgIpc) is 2.42. The molecule has 1 aromatic carbocycles. The smallest absolute Gasteiger partial charge is 0.272 e. The number of aryl methyl sites for hydroxylation is 1. The van der Waals surface area contributed by atoms with Gasteiger partial charge in [-0.1, -0.05) is 12.1 Å². The van der Waals surface area contributed by atoms with Crippen molar-refractivity contribution < 1.29 is 14.4 Å². The standard InChI is InChI=1S/C14H22N2O4/c1-11-4-5-13(10-14(11)16(17)18)12(2)15-6-7-20-9-8-19-3/h4-5,10,12,15H,6-9H2,1-3H3. The molecule has 112 valence electrons. The van der Waals surface area contributed by atoms with Crippen LogP contribution in [0.25, 0.3) is 0 Å². The lowest BCUT2D eigenvalue weighted by molar-refractivity contribution is -0.385. The van der Waals surface area contributed by atoms with Crippen LogP contribution in [0.3, 0.4) is 0 Å². The molecule has 0 saturated heterocycles. The summed E-state index contributed by atoms with van der Waals surface area (Å²) in [5.74, 6) is 0. The van der Waals surface area contributed by atoms with Gasteiger partial charge in [-0.3, -0.25) is 10.1 Å². The lowest BCUT2D eigenvalue weighted by Gasteiger charge is -2.14. The number of rotatable bonds is 9. The molecule has 0 fully saturated rings. The van der Waals surface area contributed by atoms with Crippen molar-refractivity contribution in [1.29, 1.82) is 0 Å². The molecule has 6 heteroatoms. The third kappa shape index (κ3) is 5.24. The Hall–Kier alpha value is -1.50. The molecule has 0 saturated carbocycles. The number of ether oxygens (including phenoxy) is 2. The van der Waals surface area contributed by atoms with Crippen molar-refractivity contribution in [1.82, 2.24) is 5.32 Å². The lowest BCUT2D eigenvalue weighted by Crippen LogP contribution is -2.24. The predicted octanol–water partition coefficient (Wildman–Crippen LogP) is 2.22. The van der Waals surface area contributed by atoms with E-state index in [0.29, 0.717) is 31.9 Å². The zero-order valence-electron chi connectivity index (χ0n) is 12.2. The van der Waals surface area contributed by atoms with Gasteiger partial charge < -0.3 is 14.8 Å². The third-order valence-corrected chi connectivity index (χ3v) is 3.06. The fourth-order valence-electron chi connectivity index (χ4n) is 1.80. The Balaban J connectivity index is 2.45. The summed E-state index contributed by atoms with van der Waals surface area (Å²) in [6.45, 7) is 6.14. The maximum atomic E-state index is 10.9. The van der Waals surface area contributed by atoms with Gasteiger partial charge in [0.15, 0.2) is 0 Å². The Labute approximate surface area is 119 Å². The minimum Gasteiger partial charge on any atom is -0.382 e. The summed E-state index contributed by atoms with van der Waals surface area (Å²) in [7, 11) is 1.63. The van der Waals surface area contributed by atoms with Crippen LogP contribution in [0.5, 0.6) is 0 Å². The largest absolute Gasteiger partial charge is 0.382 e. The monoisotopic (exact) mass is 282 g/mol. The summed E-state index contributed by atoms with van der Waals surface area (Å²) in [5, 5.41) is 14.2. The number of hydrogen-bond acceptors (Lipinski definition) is 5. The zero-order chi connectivity index (χ0) is 15.0. The van der Waals surface area contributed by atoms with E-state index in [1.807, 2.05) is 13.0 Å². The first-order valence-corrected chi connectivity index (χ1v) is 6.61. The van der Waals surface area contributed by atoms with E-state index in [1.165, 1.54) is 0 Å². The predicted molar refractivity (Wildman–Crippen MR) is 76.9 cm³/mol. The summed E-state index contributed by atoms with van der Waals surface area (Å²) in [4.78, 5) is 10.6. The van der Waals surface area contributed by atoms with E-state index in [9.17, 15) is 10.1 Å². The molecule has 0 aliphatic carbocycles. The molecule has 0 aliphatic heterocycles. The summed E-state index contributed by atoms with van der Waals surface area (Å²) in [6.07, 6.45) is 0. The van der Waals surface area contributed by atoms with Crippen molar-refractivity contribution in [3.05, 3.63) is 39.4 Å².